The summed E-state index contributed by atoms with van der Waals surface area (Å²) in [6, 6.07) is 11.1. The van der Waals surface area contributed by atoms with Crippen molar-refractivity contribution in [2.75, 3.05) is 19.5 Å². The Hall–Kier alpha value is -3.35. The minimum atomic E-state index is -0.504. The molecule has 0 aliphatic rings. The van der Waals surface area contributed by atoms with Crippen molar-refractivity contribution in [2.24, 2.45) is 0 Å². The van der Waals surface area contributed by atoms with Crippen molar-refractivity contribution in [3.63, 3.8) is 0 Å². The van der Waals surface area contributed by atoms with Gasteiger partial charge in [-0.1, -0.05) is 12.1 Å². The monoisotopic (exact) mass is 370 g/mol. The number of aryl methyl sites for hydroxylation is 1. The lowest BCUT2D eigenvalue weighted by molar-refractivity contribution is -0.116. The van der Waals surface area contributed by atoms with Crippen LogP contribution >= 0.6 is 0 Å². The molecule has 7 heteroatoms. The van der Waals surface area contributed by atoms with Gasteiger partial charge in [0.25, 0.3) is 5.56 Å². The standard InChI is InChI=1S/C20H19FN2O4/c1-26-17-10-13-9-12(20(25)23-16(13)11-18(17)27-2)7-8-19(24)22-15-6-4-3-5-14(15)21/h3-6,9-11H,7-8H2,1-2H3,(H,22,24)(H,23,25). The molecule has 0 aliphatic heterocycles. The molecular weight excluding hydrogens is 351 g/mol. The molecule has 27 heavy (non-hydrogen) atoms. The molecular formula is C20H19FN2O4. The van der Waals surface area contributed by atoms with Crippen LogP contribution in [-0.4, -0.2) is 25.1 Å². The number of halogens is 1. The zero-order valence-electron chi connectivity index (χ0n) is 15.0. The molecule has 0 fully saturated rings. The van der Waals surface area contributed by atoms with Gasteiger partial charge < -0.3 is 19.8 Å². The predicted octanol–water partition coefficient (Wildman–Crippen LogP) is 3.26. The summed E-state index contributed by atoms with van der Waals surface area (Å²) < 4.78 is 24.1. The third kappa shape index (κ3) is 4.08. The van der Waals surface area contributed by atoms with Crippen molar-refractivity contribution >= 4 is 22.5 Å². The highest BCUT2D eigenvalue weighted by Crippen LogP contribution is 2.31. The van der Waals surface area contributed by atoms with Gasteiger partial charge in [0, 0.05) is 23.4 Å². The Morgan fingerprint density at radius 2 is 1.81 bits per heavy atom. The molecule has 2 N–H and O–H groups in total. The molecule has 0 saturated heterocycles. The molecule has 0 atom stereocenters. The Labute approximate surface area is 154 Å². The molecule has 0 unspecified atom stereocenters. The van der Waals surface area contributed by atoms with Gasteiger partial charge in [0.2, 0.25) is 5.91 Å². The summed E-state index contributed by atoms with van der Waals surface area (Å²) in [5.74, 6) is 0.181. The normalized spacial score (nSPS) is 10.6. The zero-order valence-corrected chi connectivity index (χ0v) is 15.0. The number of ether oxygens (including phenoxy) is 2. The number of fused-ring (bicyclic) bond motifs is 1. The number of amides is 1. The number of hydrogen-bond acceptors (Lipinski definition) is 4. The highest BCUT2D eigenvalue weighted by Gasteiger charge is 2.11. The molecule has 0 bridgehead atoms. The van der Waals surface area contributed by atoms with E-state index in [-0.39, 0.29) is 30.0 Å². The van der Waals surface area contributed by atoms with Gasteiger partial charge in [-0.25, -0.2) is 4.39 Å². The molecule has 2 aromatic carbocycles. The molecule has 3 aromatic rings. The molecule has 140 valence electrons. The average Bonchev–Trinajstić information content (AvgIpc) is 2.67. The fraction of sp³-hybridized carbons (Fsp3) is 0.200. The Kier molecular flexibility index (Phi) is 5.40. The maximum atomic E-state index is 13.6. The van der Waals surface area contributed by atoms with Gasteiger partial charge in [0.15, 0.2) is 11.5 Å². The molecule has 0 radical (unpaired) electrons. The minimum Gasteiger partial charge on any atom is -0.493 e. The lowest BCUT2D eigenvalue weighted by Crippen LogP contribution is -2.17. The fourth-order valence-corrected chi connectivity index (χ4v) is 2.79. The summed E-state index contributed by atoms with van der Waals surface area (Å²) in [6.45, 7) is 0. The highest BCUT2D eigenvalue weighted by atomic mass is 19.1. The van der Waals surface area contributed by atoms with Crippen LogP contribution in [0.15, 0.2) is 47.3 Å². The molecule has 1 heterocycles. The van der Waals surface area contributed by atoms with E-state index < -0.39 is 5.82 Å². The summed E-state index contributed by atoms with van der Waals surface area (Å²) >= 11 is 0. The maximum Gasteiger partial charge on any atom is 0.251 e. The number of rotatable bonds is 6. The third-order valence-electron chi connectivity index (χ3n) is 4.19. The van der Waals surface area contributed by atoms with Gasteiger partial charge in [-0.05, 0) is 30.7 Å². The first kappa shape index (κ1) is 18.4. The Morgan fingerprint density at radius 3 is 2.52 bits per heavy atom. The van der Waals surface area contributed by atoms with Gasteiger partial charge in [0.1, 0.15) is 5.82 Å². The summed E-state index contributed by atoms with van der Waals surface area (Å²) in [5.41, 5.74) is 0.899. The van der Waals surface area contributed by atoms with Gasteiger partial charge >= 0.3 is 0 Å². The first-order valence-electron chi connectivity index (χ1n) is 8.34. The van der Waals surface area contributed by atoms with Crippen LogP contribution in [0.2, 0.25) is 0 Å². The molecule has 6 nitrogen and oxygen atoms in total. The summed E-state index contributed by atoms with van der Waals surface area (Å²) in [7, 11) is 3.05. The zero-order chi connectivity index (χ0) is 19.4. The number of methoxy groups -OCH3 is 2. The number of pyridine rings is 1. The van der Waals surface area contributed by atoms with Crippen LogP contribution in [0.1, 0.15) is 12.0 Å². The van der Waals surface area contributed by atoms with Crippen LogP contribution in [0.3, 0.4) is 0 Å². The van der Waals surface area contributed by atoms with Crippen molar-refractivity contribution in [1.82, 2.24) is 4.98 Å². The van der Waals surface area contributed by atoms with Crippen molar-refractivity contribution in [3.8, 4) is 11.5 Å². The van der Waals surface area contributed by atoms with Gasteiger partial charge in [-0.3, -0.25) is 9.59 Å². The first-order chi connectivity index (χ1) is 13.0. The number of carbonyl (C=O) groups is 1. The predicted molar refractivity (Wildman–Crippen MR) is 101 cm³/mol. The number of nitrogens with one attached hydrogen (secondary N) is 2. The van der Waals surface area contributed by atoms with Gasteiger partial charge in [0.05, 0.1) is 25.4 Å². The topological polar surface area (TPSA) is 80.4 Å². The quantitative estimate of drug-likeness (QED) is 0.698. The van der Waals surface area contributed by atoms with E-state index >= 15 is 0 Å². The van der Waals surface area contributed by atoms with E-state index in [4.69, 9.17) is 9.47 Å². The molecule has 1 aromatic heterocycles. The smallest absolute Gasteiger partial charge is 0.251 e. The van der Waals surface area contributed by atoms with Gasteiger partial charge in [-0.15, -0.1) is 0 Å². The number of aromatic amines is 1. The van der Waals surface area contributed by atoms with E-state index in [2.05, 4.69) is 10.3 Å². The van der Waals surface area contributed by atoms with E-state index in [0.29, 0.717) is 22.6 Å². The van der Waals surface area contributed by atoms with Crippen molar-refractivity contribution < 1.29 is 18.7 Å². The Balaban J connectivity index is 1.78. The number of benzene rings is 2. The molecule has 0 spiro atoms. The van der Waals surface area contributed by atoms with Crippen molar-refractivity contribution in [3.05, 3.63) is 64.2 Å². The van der Waals surface area contributed by atoms with E-state index in [1.165, 1.54) is 26.4 Å². The number of hydrogen-bond donors (Lipinski definition) is 2. The summed E-state index contributed by atoms with van der Waals surface area (Å²) in [5, 5.41) is 3.27. The number of anilines is 1. The largest absolute Gasteiger partial charge is 0.493 e. The molecule has 0 saturated carbocycles. The van der Waals surface area contributed by atoms with Crippen LogP contribution in [-0.2, 0) is 11.2 Å². The van der Waals surface area contributed by atoms with E-state index in [1.54, 1.807) is 30.3 Å². The summed E-state index contributed by atoms with van der Waals surface area (Å²) in [4.78, 5) is 27.1. The minimum absolute atomic E-state index is 0.0518. The Morgan fingerprint density at radius 1 is 1.11 bits per heavy atom. The number of aromatic nitrogens is 1. The lowest BCUT2D eigenvalue weighted by atomic mass is 10.1. The van der Waals surface area contributed by atoms with Gasteiger partial charge in [-0.2, -0.15) is 0 Å². The second-order valence-electron chi connectivity index (χ2n) is 5.95. The second kappa shape index (κ2) is 7.90. The molecule has 0 aliphatic carbocycles. The van der Waals surface area contributed by atoms with E-state index in [1.807, 2.05) is 0 Å². The Bertz CT molecular complexity index is 1050. The van der Waals surface area contributed by atoms with Crippen LogP contribution < -0.4 is 20.3 Å². The summed E-state index contributed by atoms with van der Waals surface area (Å²) in [6.07, 6.45) is 0.274. The van der Waals surface area contributed by atoms with E-state index in [0.717, 1.165) is 5.39 Å². The molecule has 1 amide bonds. The van der Waals surface area contributed by atoms with Crippen molar-refractivity contribution in [1.29, 1.82) is 0 Å². The highest BCUT2D eigenvalue weighted by molar-refractivity contribution is 5.91. The molecule has 3 rings (SSSR count). The number of H-pyrrole nitrogens is 1. The lowest BCUT2D eigenvalue weighted by Gasteiger charge is -2.10. The SMILES string of the molecule is COc1cc2cc(CCC(=O)Nc3ccccc3F)c(=O)[nH]c2cc1OC. The fourth-order valence-electron chi connectivity index (χ4n) is 2.79. The maximum absolute atomic E-state index is 13.6. The van der Waals surface area contributed by atoms with Crippen LogP contribution in [0, 0.1) is 5.82 Å². The van der Waals surface area contributed by atoms with Crippen LogP contribution in [0.5, 0.6) is 11.5 Å². The first-order valence-corrected chi connectivity index (χ1v) is 8.34. The average molecular weight is 370 g/mol. The van der Waals surface area contributed by atoms with Crippen molar-refractivity contribution in [2.45, 2.75) is 12.8 Å². The number of carbonyl (C=O) groups excluding carboxylic acids is 1. The third-order valence-corrected chi connectivity index (χ3v) is 4.19. The van der Waals surface area contributed by atoms with Crippen LogP contribution in [0.25, 0.3) is 10.9 Å². The number of para-hydroxylation sites is 1. The van der Waals surface area contributed by atoms with Crippen LogP contribution in [0.4, 0.5) is 10.1 Å². The second-order valence-corrected chi connectivity index (χ2v) is 5.95. The van der Waals surface area contributed by atoms with E-state index in [9.17, 15) is 14.0 Å².